The number of carbonyl (C=O) groups is 1. The van der Waals surface area contributed by atoms with Crippen LogP contribution in [0.15, 0.2) is 42.5 Å². The average Bonchev–Trinajstić information content (AvgIpc) is 2.99. The summed E-state index contributed by atoms with van der Waals surface area (Å²) >= 11 is 0. The van der Waals surface area contributed by atoms with Crippen LogP contribution < -0.4 is 9.62 Å². The number of rotatable bonds is 5. The second kappa shape index (κ2) is 6.84. The summed E-state index contributed by atoms with van der Waals surface area (Å²) < 4.78 is 38.4. The Morgan fingerprint density at radius 3 is 2.72 bits per heavy atom. The highest BCUT2D eigenvalue weighted by Crippen LogP contribution is 2.30. The minimum Gasteiger partial charge on any atom is -0.352 e. The molecule has 1 heterocycles. The van der Waals surface area contributed by atoms with Gasteiger partial charge in [0.15, 0.2) is 0 Å². The van der Waals surface area contributed by atoms with Crippen molar-refractivity contribution in [1.29, 1.82) is 0 Å². The van der Waals surface area contributed by atoms with Crippen LogP contribution in [0.25, 0.3) is 0 Å². The first-order valence-electron chi connectivity index (χ1n) is 7.98. The van der Waals surface area contributed by atoms with Crippen LogP contribution >= 0.6 is 0 Å². The fourth-order valence-electron chi connectivity index (χ4n) is 2.97. The van der Waals surface area contributed by atoms with E-state index in [-0.39, 0.29) is 11.7 Å². The Hall–Kier alpha value is -2.41. The molecule has 0 aliphatic carbocycles. The molecule has 0 fully saturated rings. The van der Waals surface area contributed by atoms with Crippen LogP contribution in [0.4, 0.5) is 10.1 Å². The lowest BCUT2D eigenvalue weighted by molar-refractivity contribution is 0.0954. The third-order valence-corrected chi connectivity index (χ3v) is 5.41. The number of benzene rings is 2. The Bertz CT molecular complexity index is 912. The fraction of sp³-hybridized carbons (Fsp3) is 0.278. The van der Waals surface area contributed by atoms with Gasteiger partial charge in [0.25, 0.3) is 5.91 Å². The van der Waals surface area contributed by atoms with E-state index in [2.05, 4.69) is 5.32 Å². The van der Waals surface area contributed by atoms with Crippen LogP contribution in [0.2, 0.25) is 0 Å². The largest absolute Gasteiger partial charge is 0.352 e. The van der Waals surface area contributed by atoms with Gasteiger partial charge in [0.05, 0.1) is 11.9 Å². The van der Waals surface area contributed by atoms with E-state index in [1.165, 1.54) is 16.6 Å². The van der Waals surface area contributed by atoms with Crippen molar-refractivity contribution < 1.29 is 17.6 Å². The second-order valence-electron chi connectivity index (χ2n) is 6.03. The molecular formula is C18H19FN2O3S. The maximum absolute atomic E-state index is 13.6. The highest BCUT2D eigenvalue weighted by atomic mass is 32.2. The van der Waals surface area contributed by atoms with Gasteiger partial charge in [-0.25, -0.2) is 12.8 Å². The minimum absolute atomic E-state index is 0.253. The molecule has 0 atom stereocenters. The van der Waals surface area contributed by atoms with E-state index in [1.807, 2.05) is 0 Å². The van der Waals surface area contributed by atoms with Gasteiger partial charge in [-0.05, 0) is 48.2 Å². The lowest BCUT2D eigenvalue weighted by atomic mass is 10.1. The number of hydrogen-bond acceptors (Lipinski definition) is 3. The molecular weight excluding hydrogens is 343 g/mol. The second-order valence-corrected chi connectivity index (χ2v) is 7.93. The van der Waals surface area contributed by atoms with Crippen molar-refractivity contribution in [3.05, 3.63) is 65.0 Å². The molecule has 1 aliphatic heterocycles. The Labute approximate surface area is 146 Å². The fourth-order valence-corrected chi connectivity index (χ4v) is 3.93. The summed E-state index contributed by atoms with van der Waals surface area (Å²) in [6, 6.07) is 11.5. The van der Waals surface area contributed by atoms with E-state index < -0.39 is 10.0 Å². The molecule has 2 aromatic carbocycles. The van der Waals surface area contributed by atoms with Crippen LogP contribution in [0, 0.1) is 5.82 Å². The number of anilines is 1. The maximum Gasteiger partial charge on any atom is 0.251 e. The van der Waals surface area contributed by atoms with Gasteiger partial charge in [-0.2, -0.15) is 0 Å². The third-order valence-electron chi connectivity index (χ3n) is 4.23. The summed E-state index contributed by atoms with van der Waals surface area (Å²) in [5, 5.41) is 2.77. The number of sulfonamides is 1. The molecule has 0 saturated heterocycles. The molecule has 0 spiro atoms. The molecule has 1 N–H and O–H groups in total. The van der Waals surface area contributed by atoms with Gasteiger partial charge in [-0.1, -0.05) is 18.2 Å². The van der Waals surface area contributed by atoms with Gasteiger partial charge in [0.1, 0.15) is 5.82 Å². The van der Waals surface area contributed by atoms with E-state index in [0.29, 0.717) is 42.7 Å². The predicted molar refractivity (Wildman–Crippen MR) is 94.8 cm³/mol. The number of carbonyl (C=O) groups excluding carboxylic acids is 1. The molecule has 0 bridgehead atoms. The van der Waals surface area contributed by atoms with E-state index in [1.54, 1.807) is 36.4 Å². The molecule has 1 aliphatic rings. The molecule has 132 valence electrons. The van der Waals surface area contributed by atoms with Crippen molar-refractivity contribution in [1.82, 2.24) is 5.32 Å². The number of nitrogens with zero attached hydrogens (tertiary/aromatic N) is 1. The van der Waals surface area contributed by atoms with Gasteiger partial charge < -0.3 is 5.32 Å². The van der Waals surface area contributed by atoms with E-state index >= 15 is 0 Å². The zero-order valence-electron chi connectivity index (χ0n) is 13.8. The molecule has 0 radical (unpaired) electrons. The first kappa shape index (κ1) is 17.4. The van der Waals surface area contributed by atoms with Crippen molar-refractivity contribution in [3.63, 3.8) is 0 Å². The summed E-state index contributed by atoms with van der Waals surface area (Å²) in [6.45, 7) is 0.721. The molecule has 0 saturated carbocycles. The number of nitrogens with one attached hydrogen (secondary N) is 1. The normalized spacial score (nSPS) is 13.6. The molecule has 7 heteroatoms. The van der Waals surface area contributed by atoms with E-state index in [9.17, 15) is 17.6 Å². The van der Waals surface area contributed by atoms with Gasteiger partial charge in [0.2, 0.25) is 10.0 Å². The van der Waals surface area contributed by atoms with Crippen LogP contribution in [-0.2, 0) is 22.9 Å². The summed E-state index contributed by atoms with van der Waals surface area (Å²) in [6.07, 6.45) is 2.16. The van der Waals surface area contributed by atoms with Crippen molar-refractivity contribution in [2.75, 3.05) is 23.7 Å². The molecule has 0 unspecified atom stereocenters. The highest BCUT2D eigenvalue weighted by molar-refractivity contribution is 7.92. The van der Waals surface area contributed by atoms with Crippen LogP contribution in [0.3, 0.4) is 0 Å². The average molecular weight is 362 g/mol. The summed E-state index contributed by atoms with van der Waals surface area (Å²) in [7, 11) is -3.30. The molecule has 1 amide bonds. The lowest BCUT2D eigenvalue weighted by Gasteiger charge is -2.16. The number of halogens is 1. The third kappa shape index (κ3) is 3.82. The predicted octanol–water partition coefficient (Wildman–Crippen LogP) is 2.12. The summed E-state index contributed by atoms with van der Waals surface area (Å²) in [5.74, 6) is -0.535. The SMILES string of the molecule is CS(=O)(=O)N1CCc2cc(C(=O)NCCc3ccccc3F)ccc21. The maximum atomic E-state index is 13.6. The number of amides is 1. The zero-order valence-corrected chi connectivity index (χ0v) is 14.6. The quantitative estimate of drug-likeness (QED) is 0.886. The van der Waals surface area contributed by atoms with Gasteiger partial charge in [-0.15, -0.1) is 0 Å². The first-order valence-corrected chi connectivity index (χ1v) is 9.83. The van der Waals surface area contributed by atoms with Crippen molar-refractivity contribution in [3.8, 4) is 0 Å². The summed E-state index contributed by atoms with van der Waals surface area (Å²) in [5.41, 5.74) is 2.50. The number of hydrogen-bond donors (Lipinski definition) is 1. The van der Waals surface area contributed by atoms with E-state index in [4.69, 9.17) is 0 Å². The molecule has 0 aromatic heterocycles. The Morgan fingerprint density at radius 2 is 2.00 bits per heavy atom. The topological polar surface area (TPSA) is 66.5 Å². The first-order chi connectivity index (χ1) is 11.9. The van der Waals surface area contributed by atoms with Crippen molar-refractivity contribution in [2.45, 2.75) is 12.8 Å². The zero-order chi connectivity index (χ0) is 18.0. The van der Waals surface area contributed by atoms with E-state index in [0.717, 1.165) is 5.56 Å². The molecule has 3 rings (SSSR count). The minimum atomic E-state index is -3.30. The standard InChI is InChI=1S/C18H19FN2O3S/c1-25(23,24)21-11-9-14-12-15(6-7-17(14)21)18(22)20-10-8-13-4-2-3-5-16(13)19/h2-7,12H,8-11H2,1H3,(H,20,22). The van der Waals surface area contributed by atoms with Crippen molar-refractivity contribution in [2.24, 2.45) is 0 Å². The van der Waals surface area contributed by atoms with Crippen LogP contribution in [-0.4, -0.2) is 33.7 Å². The molecule has 25 heavy (non-hydrogen) atoms. The number of fused-ring (bicyclic) bond motifs is 1. The highest BCUT2D eigenvalue weighted by Gasteiger charge is 2.26. The van der Waals surface area contributed by atoms with Gasteiger partial charge in [0, 0.05) is 18.7 Å². The Kier molecular flexibility index (Phi) is 4.76. The van der Waals surface area contributed by atoms with Crippen LogP contribution in [0.1, 0.15) is 21.5 Å². The smallest absolute Gasteiger partial charge is 0.251 e. The molecule has 2 aromatic rings. The summed E-state index contributed by atoms with van der Waals surface area (Å²) in [4.78, 5) is 12.3. The monoisotopic (exact) mass is 362 g/mol. The van der Waals surface area contributed by atoms with Gasteiger partial charge >= 0.3 is 0 Å². The Balaban J connectivity index is 1.65. The van der Waals surface area contributed by atoms with Gasteiger partial charge in [-0.3, -0.25) is 9.10 Å². The van der Waals surface area contributed by atoms with Crippen molar-refractivity contribution >= 4 is 21.6 Å². The lowest BCUT2D eigenvalue weighted by Crippen LogP contribution is -2.27. The molecule has 5 nitrogen and oxygen atoms in total. The van der Waals surface area contributed by atoms with Crippen LogP contribution in [0.5, 0.6) is 0 Å². The Morgan fingerprint density at radius 1 is 1.24 bits per heavy atom.